The number of nitro groups is 1. The van der Waals surface area contributed by atoms with E-state index in [-0.39, 0.29) is 35.3 Å². The Bertz CT molecular complexity index is 928. The predicted molar refractivity (Wildman–Crippen MR) is 112 cm³/mol. The number of fused-ring (bicyclic) bond motifs is 1. The van der Waals surface area contributed by atoms with Crippen LogP contribution in [-0.2, 0) is 23.8 Å². The smallest absolute Gasteiger partial charge is 0.305 e. The SMILES string of the molecule is CC[C@]1(CCC(=O)OC)CCCN2C(=O)C(OC)=C(c3ccccc3[N+](=O)[O-])C21OC. The minimum atomic E-state index is -1.30. The largest absolute Gasteiger partial charge is 0.491 e. The standard InChI is InChI=1S/C22H28N2O7/c1-5-21(13-11-17(25)29-2)12-8-14-23-20(26)19(30-3)18(22(21,23)31-4)15-9-6-7-10-16(15)24(27)28/h6-7,9-10H,5,8,11-14H2,1-4H3/t21-,22?/m1/s1. The van der Waals surface area contributed by atoms with Crippen LogP contribution in [0.25, 0.3) is 5.57 Å². The maximum Gasteiger partial charge on any atom is 0.305 e. The summed E-state index contributed by atoms with van der Waals surface area (Å²) in [7, 11) is 4.22. The van der Waals surface area contributed by atoms with E-state index in [1.54, 1.807) is 23.1 Å². The fourth-order valence-electron chi connectivity index (χ4n) is 5.32. The lowest BCUT2D eigenvalue weighted by Crippen LogP contribution is -2.63. The second-order valence-electron chi connectivity index (χ2n) is 7.80. The Kier molecular flexibility index (Phi) is 6.35. The van der Waals surface area contributed by atoms with Crippen molar-refractivity contribution in [3.8, 4) is 0 Å². The van der Waals surface area contributed by atoms with E-state index in [4.69, 9.17) is 14.2 Å². The number of para-hydroxylation sites is 1. The van der Waals surface area contributed by atoms with Gasteiger partial charge in [0.05, 0.1) is 30.3 Å². The zero-order chi connectivity index (χ0) is 22.8. The van der Waals surface area contributed by atoms with E-state index in [0.717, 1.165) is 0 Å². The number of nitrogens with zero attached hydrogens (tertiary/aromatic N) is 2. The molecule has 0 bridgehead atoms. The van der Waals surface area contributed by atoms with Crippen LogP contribution in [-0.4, -0.2) is 55.3 Å². The van der Waals surface area contributed by atoms with Crippen molar-refractivity contribution in [3.63, 3.8) is 0 Å². The van der Waals surface area contributed by atoms with Crippen molar-refractivity contribution < 1.29 is 28.7 Å². The quantitative estimate of drug-likeness (QED) is 0.352. The zero-order valence-electron chi connectivity index (χ0n) is 18.3. The molecule has 0 radical (unpaired) electrons. The van der Waals surface area contributed by atoms with Gasteiger partial charge < -0.3 is 19.1 Å². The van der Waals surface area contributed by atoms with Crippen LogP contribution in [0.2, 0.25) is 0 Å². The summed E-state index contributed by atoms with van der Waals surface area (Å²) < 4.78 is 16.5. The first-order valence-electron chi connectivity index (χ1n) is 10.3. The number of nitro benzene ring substituents is 1. The van der Waals surface area contributed by atoms with Crippen molar-refractivity contribution in [3.05, 3.63) is 45.7 Å². The van der Waals surface area contributed by atoms with Crippen molar-refractivity contribution >= 4 is 23.1 Å². The summed E-state index contributed by atoms with van der Waals surface area (Å²) >= 11 is 0. The van der Waals surface area contributed by atoms with Crippen LogP contribution in [0.5, 0.6) is 0 Å². The van der Waals surface area contributed by atoms with Crippen LogP contribution in [0.1, 0.15) is 44.6 Å². The molecule has 1 aromatic carbocycles. The number of amides is 1. The summed E-state index contributed by atoms with van der Waals surface area (Å²) in [5, 5.41) is 11.8. The van der Waals surface area contributed by atoms with E-state index >= 15 is 0 Å². The highest BCUT2D eigenvalue weighted by atomic mass is 16.6. The molecule has 1 fully saturated rings. The van der Waals surface area contributed by atoms with Gasteiger partial charge in [0.15, 0.2) is 11.5 Å². The fraction of sp³-hybridized carbons (Fsp3) is 0.545. The molecule has 1 amide bonds. The second kappa shape index (κ2) is 8.66. The molecule has 9 heteroatoms. The van der Waals surface area contributed by atoms with Crippen molar-refractivity contribution in [1.29, 1.82) is 0 Å². The van der Waals surface area contributed by atoms with Gasteiger partial charge in [0.25, 0.3) is 11.6 Å². The van der Waals surface area contributed by atoms with Gasteiger partial charge in [0.1, 0.15) is 0 Å². The Morgan fingerprint density at radius 2 is 1.97 bits per heavy atom. The average Bonchev–Trinajstić information content (AvgIpc) is 3.05. The maximum absolute atomic E-state index is 13.4. The molecule has 1 aromatic rings. The van der Waals surface area contributed by atoms with Gasteiger partial charge in [-0.15, -0.1) is 0 Å². The Balaban J connectivity index is 2.31. The Labute approximate surface area is 181 Å². The lowest BCUT2D eigenvalue weighted by molar-refractivity contribution is -0.385. The molecule has 0 aliphatic carbocycles. The summed E-state index contributed by atoms with van der Waals surface area (Å²) in [6.45, 7) is 2.40. The maximum atomic E-state index is 13.4. The molecule has 2 aliphatic rings. The first-order valence-corrected chi connectivity index (χ1v) is 10.3. The Hall–Kier alpha value is -2.94. The summed E-state index contributed by atoms with van der Waals surface area (Å²) in [4.78, 5) is 38.4. The van der Waals surface area contributed by atoms with E-state index in [1.807, 2.05) is 6.92 Å². The highest BCUT2D eigenvalue weighted by molar-refractivity contribution is 6.08. The number of hydrogen-bond donors (Lipinski definition) is 0. The van der Waals surface area contributed by atoms with Crippen molar-refractivity contribution in [2.24, 2.45) is 5.41 Å². The molecule has 2 aliphatic heterocycles. The second-order valence-corrected chi connectivity index (χ2v) is 7.80. The van der Waals surface area contributed by atoms with Gasteiger partial charge in [-0.05, 0) is 31.7 Å². The van der Waals surface area contributed by atoms with E-state index in [0.29, 0.717) is 37.8 Å². The third-order valence-corrected chi connectivity index (χ3v) is 6.72. The van der Waals surface area contributed by atoms with Crippen LogP contribution in [0.3, 0.4) is 0 Å². The predicted octanol–water partition coefficient (Wildman–Crippen LogP) is 3.28. The molecule has 2 heterocycles. The van der Waals surface area contributed by atoms with Gasteiger partial charge in [0.2, 0.25) is 0 Å². The van der Waals surface area contributed by atoms with Gasteiger partial charge in [-0.3, -0.25) is 19.7 Å². The number of hydrogen-bond acceptors (Lipinski definition) is 7. The van der Waals surface area contributed by atoms with Crippen LogP contribution in [0.4, 0.5) is 5.69 Å². The van der Waals surface area contributed by atoms with Gasteiger partial charge in [-0.1, -0.05) is 19.1 Å². The number of piperidine rings is 1. The van der Waals surface area contributed by atoms with Crippen LogP contribution < -0.4 is 0 Å². The van der Waals surface area contributed by atoms with Gasteiger partial charge in [0, 0.05) is 31.6 Å². The van der Waals surface area contributed by atoms with Crippen LogP contribution >= 0.6 is 0 Å². The van der Waals surface area contributed by atoms with Gasteiger partial charge in [-0.25, -0.2) is 0 Å². The molecular weight excluding hydrogens is 404 g/mol. The molecule has 0 saturated carbocycles. The highest BCUT2D eigenvalue weighted by Crippen LogP contribution is 2.60. The normalized spacial score (nSPS) is 25.4. The lowest BCUT2D eigenvalue weighted by Gasteiger charge is -2.56. The number of esters is 1. The molecule has 1 unspecified atom stereocenters. The topological polar surface area (TPSA) is 108 Å². The minimum absolute atomic E-state index is 0.0361. The van der Waals surface area contributed by atoms with E-state index in [1.165, 1.54) is 27.4 Å². The minimum Gasteiger partial charge on any atom is -0.491 e. The summed E-state index contributed by atoms with van der Waals surface area (Å²) in [5.74, 6) is -0.689. The van der Waals surface area contributed by atoms with Crippen molar-refractivity contribution in [1.82, 2.24) is 4.90 Å². The highest BCUT2D eigenvalue weighted by Gasteiger charge is 2.66. The molecule has 168 valence electrons. The molecule has 1 saturated heterocycles. The molecule has 0 N–H and O–H groups in total. The van der Waals surface area contributed by atoms with Gasteiger partial charge in [-0.2, -0.15) is 0 Å². The Morgan fingerprint density at radius 3 is 2.55 bits per heavy atom. The lowest BCUT2D eigenvalue weighted by atomic mass is 9.63. The molecule has 9 nitrogen and oxygen atoms in total. The number of carbonyl (C=O) groups is 2. The number of carbonyl (C=O) groups excluding carboxylic acids is 2. The third kappa shape index (κ3) is 3.27. The van der Waals surface area contributed by atoms with Crippen molar-refractivity contribution in [2.75, 3.05) is 27.9 Å². The van der Waals surface area contributed by atoms with E-state index < -0.39 is 16.1 Å². The Morgan fingerprint density at radius 1 is 1.26 bits per heavy atom. The number of rotatable bonds is 8. The monoisotopic (exact) mass is 432 g/mol. The molecule has 0 aromatic heterocycles. The molecule has 3 rings (SSSR count). The van der Waals surface area contributed by atoms with E-state index in [9.17, 15) is 19.7 Å². The number of methoxy groups -OCH3 is 3. The van der Waals surface area contributed by atoms with Crippen LogP contribution in [0, 0.1) is 15.5 Å². The first kappa shape index (κ1) is 22.7. The molecule has 31 heavy (non-hydrogen) atoms. The molecule has 0 spiro atoms. The summed E-state index contributed by atoms with van der Waals surface area (Å²) in [5.41, 5.74) is -1.48. The van der Waals surface area contributed by atoms with Gasteiger partial charge >= 0.3 is 5.97 Å². The average molecular weight is 432 g/mol. The molecular formula is C22H28N2O7. The van der Waals surface area contributed by atoms with Crippen molar-refractivity contribution in [2.45, 2.75) is 44.8 Å². The fourth-order valence-corrected chi connectivity index (χ4v) is 5.32. The third-order valence-electron chi connectivity index (χ3n) is 6.72. The first-order chi connectivity index (χ1) is 14.8. The molecule has 2 atom stereocenters. The number of ether oxygens (including phenoxy) is 3. The summed E-state index contributed by atoms with van der Waals surface area (Å²) in [6.07, 6.45) is 2.52. The van der Waals surface area contributed by atoms with Crippen LogP contribution in [0.15, 0.2) is 30.0 Å². The zero-order valence-corrected chi connectivity index (χ0v) is 18.3. The summed E-state index contributed by atoms with van der Waals surface area (Å²) in [6, 6.07) is 6.27. The number of benzene rings is 1. The van der Waals surface area contributed by atoms with E-state index in [2.05, 4.69) is 0 Å².